The zero-order chi connectivity index (χ0) is 15.4. The van der Waals surface area contributed by atoms with Crippen molar-refractivity contribution >= 4 is 11.6 Å². The third-order valence-electron chi connectivity index (χ3n) is 3.39. The summed E-state index contributed by atoms with van der Waals surface area (Å²) in [5.41, 5.74) is -0.638. The summed E-state index contributed by atoms with van der Waals surface area (Å²) in [7, 11) is 1.47. The van der Waals surface area contributed by atoms with Gasteiger partial charge in [-0.05, 0) is 27.2 Å². The first-order valence-corrected chi connectivity index (χ1v) is 6.57. The Balaban J connectivity index is 5.58. The first kappa shape index (κ1) is 17.8. The average Bonchev–Trinajstić information content (AvgIpc) is 2.33. The van der Waals surface area contributed by atoms with Crippen LogP contribution in [0, 0.1) is 11.8 Å². The van der Waals surface area contributed by atoms with Crippen LogP contribution in [0.1, 0.15) is 48.0 Å². The van der Waals surface area contributed by atoms with E-state index in [0.29, 0.717) is 5.57 Å². The Hall–Kier alpha value is -1.16. The molecular weight excluding hydrogens is 244 g/mol. The molecular formula is C15H26O4. The number of aliphatic hydroxyl groups excluding tert-OH is 1. The van der Waals surface area contributed by atoms with Gasteiger partial charge in [-0.1, -0.05) is 20.8 Å². The number of ketones is 2. The molecule has 0 aromatic rings. The first-order chi connectivity index (χ1) is 8.54. The quantitative estimate of drug-likeness (QED) is 0.570. The highest BCUT2D eigenvalue weighted by molar-refractivity contribution is 5.98. The molecule has 0 saturated heterocycles. The molecule has 4 nitrogen and oxygen atoms in total. The van der Waals surface area contributed by atoms with Crippen molar-refractivity contribution in [2.75, 3.05) is 7.11 Å². The number of methoxy groups -OCH3 is 1. The molecule has 0 spiro atoms. The lowest BCUT2D eigenvalue weighted by Gasteiger charge is -2.26. The smallest absolute Gasteiger partial charge is 0.164 e. The van der Waals surface area contributed by atoms with Gasteiger partial charge >= 0.3 is 0 Å². The second-order valence-corrected chi connectivity index (χ2v) is 5.78. The van der Waals surface area contributed by atoms with Crippen molar-refractivity contribution < 1.29 is 19.4 Å². The molecule has 0 amide bonds. The van der Waals surface area contributed by atoms with Crippen molar-refractivity contribution in [2.24, 2.45) is 11.8 Å². The van der Waals surface area contributed by atoms with Crippen LogP contribution in [0.2, 0.25) is 0 Å². The molecule has 0 aliphatic carbocycles. The number of Topliss-reactive ketones (excluding diaryl/α,β-unsaturated/α-hetero) is 2. The minimum Gasteiger partial charge on any atom is -0.509 e. The summed E-state index contributed by atoms with van der Waals surface area (Å²) in [5.74, 6) is -0.758. The Kier molecular flexibility index (Phi) is 6.43. The van der Waals surface area contributed by atoms with Crippen LogP contribution in [-0.4, -0.2) is 29.4 Å². The van der Waals surface area contributed by atoms with Crippen molar-refractivity contribution in [3.05, 3.63) is 11.3 Å². The van der Waals surface area contributed by atoms with E-state index in [1.165, 1.54) is 14.0 Å². The molecule has 110 valence electrons. The van der Waals surface area contributed by atoms with Gasteiger partial charge in [-0.3, -0.25) is 9.59 Å². The second-order valence-electron chi connectivity index (χ2n) is 5.78. The molecule has 0 heterocycles. The van der Waals surface area contributed by atoms with Crippen LogP contribution in [0.25, 0.3) is 0 Å². The van der Waals surface area contributed by atoms with Gasteiger partial charge < -0.3 is 9.84 Å². The summed E-state index contributed by atoms with van der Waals surface area (Å²) in [6.45, 7) is 10.2. The van der Waals surface area contributed by atoms with E-state index in [4.69, 9.17) is 4.74 Å². The van der Waals surface area contributed by atoms with E-state index < -0.39 is 5.60 Å². The molecule has 0 aromatic carbocycles. The highest BCUT2D eigenvalue weighted by atomic mass is 16.5. The predicted molar refractivity (Wildman–Crippen MR) is 75.0 cm³/mol. The van der Waals surface area contributed by atoms with Gasteiger partial charge in [0.05, 0.1) is 0 Å². The van der Waals surface area contributed by atoms with Crippen LogP contribution in [-0.2, 0) is 14.3 Å². The Labute approximate surface area is 115 Å². The number of carbonyl (C=O) groups excluding carboxylic acids is 2. The number of carbonyl (C=O) groups is 2. The van der Waals surface area contributed by atoms with E-state index in [-0.39, 0.29) is 35.6 Å². The van der Waals surface area contributed by atoms with E-state index >= 15 is 0 Å². The SMILES string of the molecule is COC(C)(C)/C(O)=C(/C[C@@H](C)C(C)=O)C(=O)C(C)C. The molecule has 0 fully saturated rings. The van der Waals surface area contributed by atoms with Crippen molar-refractivity contribution in [3.63, 3.8) is 0 Å². The molecule has 0 radical (unpaired) electrons. The Bertz CT molecular complexity index is 378. The lowest BCUT2D eigenvalue weighted by molar-refractivity contribution is -0.121. The molecule has 0 aliphatic rings. The Morgan fingerprint density at radius 1 is 1.21 bits per heavy atom. The van der Waals surface area contributed by atoms with Crippen LogP contribution < -0.4 is 0 Å². The molecule has 19 heavy (non-hydrogen) atoms. The van der Waals surface area contributed by atoms with E-state index in [2.05, 4.69) is 0 Å². The van der Waals surface area contributed by atoms with Gasteiger partial charge in [-0.25, -0.2) is 0 Å². The second kappa shape index (κ2) is 6.85. The summed E-state index contributed by atoms with van der Waals surface area (Å²) in [6, 6.07) is 0. The zero-order valence-corrected chi connectivity index (χ0v) is 13.0. The predicted octanol–water partition coefficient (Wildman–Crippen LogP) is 3.06. The molecule has 1 N–H and O–H groups in total. The maximum atomic E-state index is 12.2. The summed E-state index contributed by atoms with van der Waals surface area (Å²) >= 11 is 0. The Morgan fingerprint density at radius 2 is 1.68 bits per heavy atom. The molecule has 0 bridgehead atoms. The number of allylic oxidation sites excluding steroid dienone is 1. The van der Waals surface area contributed by atoms with Gasteiger partial charge in [0.1, 0.15) is 17.1 Å². The maximum absolute atomic E-state index is 12.2. The minimum absolute atomic E-state index is 0.00270. The van der Waals surface area contributed by atoms with Crippen LogP contribution in [0.4, 0.5) is 0 Å². The summed E-state index contributed by atoms with van der Waals surface area (Å²) < 4.78 is 5.21. The monoisotopic (exact) mass is 270 g/mol. The van der Waals surface area contributed by atoms with Crippen molar-refractivity contribution in [1.29, 1.82) is 0 Å². The number of hydrogen-bond acceptors (Lipinski definition) is 4. The summed E-state index contributed by atoms with van der Waals surface area (Å²) in [5, 5.41) is 10.3. The fourth-order valence-corrected chi connectivity index (χ4v) is 1.57. The van der Waals surface area contributed by atoms with Gasteiger partial charge in [0.15, 0.2) is 5.78 Å². The Morgan fingerprint density at radius 3 is 2.00 bits per heavy atom. The molecule has 4 heteroatoms. The third-order valence-corrected chi connectivity index (χ3v) is 3.39. The van der Waals surface area contributed by atoms with Crippen LogP contribution in [0.15, 0.2) is 11.3 Å². The normalized spacial score (nSPS) is 15.2. The highest BCUT2D eigenvalue weighted by Gasteiger charge is 2.30. The molecule has 0 saturated carbocycles. The molecule has 0 unspecified atom stereocenters. The number of aliphatic hydroxyl groups is 1. The van der Waals surface area contributed by atoms with E-state index in [1.807, 2.05) is 0 Å². The van der Waals surface area contributed by atoms with Gasteiger partial charge in [-0.15, -0.1) is 0 Å². The van der Waals surface area contributed by atoms with E-state index in [9.17, 15) is 14.7 Å². The number of hydrogen-bond donors (Lipinski definition) is 1. The van der Waals surface area contributed by atoms with Crippen LogP contribution in [0.5, 0.6) is 0 Å². The van der Waals surface area contributed by atoms with Crippen LogP contribution in [0.3, 0.4) is 0 Å². The molecule has 0 rings (SSSR count). The fourth-order valence-electron chi connectivity index (χ4n) is 1.57. The van der Waals surface area contributed by atoms with Gasteiger partial charge in [0.2, 0.25) is 0 Å². The number of ether oxygens (including phenoxy) is 1. The lowest BCUT2D eigenvalue weighted by Crippen LogP contribution is -2.30. The number of rotatable bonds is 7. The molecule has 1 atom stereocenters. The standard InChI is InChI=1S/C15H26O4/c1-9(2)13(17)12(8-10(3)11(4)16)14(18)15(5,6)19-7/h9-10,18H,8H2,1-7H3/b14-12+/t10-/m1/s1. The topological polar surface area (TPSA) is 63.6 Å². The lowest BCUT2D eigenvalue weighted by atomic mass is 9.87. The van der Waals surface area contributed by atoms with Crippen molar-refractivity contribution in [3.8, 4) is 0 Å². The van der Waals surface area contributed by atoms with Crippen molar-refractivity contribution in [1.82, 2.24) is 0 Å². The van der Waals surface area contributed by atoms with Crippen molar-refractivity contribution in [2.45, 2.75) is 53.6 Å². The van der Waals surface area contributed by atoms with Gasteiger partial charge in [0, 0.05) is 24.5 Å². The van der Waals surface area contributed by atoms with E-state index in [1.54, 1.807) is 34.6 Å². The third kappa shape index (κ3) is 4.78. The zero-order valence-electron chi connectivity index (χ0n) is 13.0. The average molecular weight is 270 g/mol. The molecule has 0 aromatic heterocycles. The van der Waals surface area contributed by atoms with E-state index in [0.717, 1.165) is 0 Å². The molecule has 0 aliphatic heterocycles. The maximum Gasteiger partial charge on any atom is 0.164 e. The summed E-state index contributed by atoms with van der Waals surface area (Å²) in [4.78, 5) is 23.6. The van der Waals surface area contributed by atoms with Crippen LogP contribution >= 0.6 is 0 Å². The first-order valence-electron chi connectivity index (χ1n) is 6.57. The minimum atomic E-state index is -0.934. The fraction of sp³-hybridized carbons (Fsp3) is 0.733. The largest absolute Gasteiger partial charge is 0.509 e. The highest BCUT2D eigenvalue weighted by Crippen LogP contribution is 2.27. The summed E-state index contributed by atoms with van der Waals surface area (Å²) in [6.07, 6.45) is 0.241. The van der Waals surface area contributed by atoms with Gasteiger partial charge in [-0.2, -0.15) is 0 Å². The van der Waals surface area contributed by atoms with Gasteiger partial charge in [0.25, 0.3) is 0 Å².